The Morgan fingerprint density at radius 3 is 3.00 bits per heavy atom. The van der Waals surface area contributed by atoms with E-state index in [9.17, 15) is 4.79 Å². The maximum absolute atomic E-state index is 11.2. The summed E-state index contributed by atoms with van der Waals surface area (Å²) >= 11 is 4.77. The number of aryl methyl sites for hydroxylation is 1. The molecule has 0 saturated heterocycles. The van der Waals surface area contributed by atoms with Crippen LogP contribution in [0.25, 0.3) is 0 Å². The highest BCUT2D eigenvalue weighted by Crippen LogP contribution is 2.08. The second-order valence-corrected chi connectivity index (χ2v) is 3.08. The maximum atomic E-state index is 11.2. The zero-order chi connectivity index (χ0) is 10.6. The molecule has 0 aliphatic carbocycles. The van der Waals surface area contributed by atoms with E-state index in [-0.39, 0.29) is 23.8 Å². The fourth-order valence-electron chi connectivity index (χ4n) is 0.939. The summed E-state index contributed by atoms with van der Waals surface area (Å²) in [6, 6.07) is 0. The molecule has 0 aromatic carbocycles. The third kappa shape index (κ3) is 2.85. The summed E-state index contributed by atoms with van der Waals surface area (Å²) in [4.78, 5) is 14.2. The smallest absolute Gasteiger partial charge is 0.313 e. The van der Waals surface area contributed by atoms with Crippen LogP contribution in [-0.4, -0.2) is 17.6 Å². The predicted molar refractivity (Wildman–Crippen MR) is 53.5 cm³/mol. The first kappa shape index (κ1) is 10.7. The van der Waals surface area contributed by atoms with Gasteiger partial charge in [-0.2, -0.15) is 0 Å². The van der Waals surface area contributed by atoms with Gasteiger partial charge in [-0.25, -0.2) is 0 Å². The van der Waals surface area contributed by atoms with Crippen molar-refractivity contribution in [2.24, 2.45) is 0 Å². The molecule has 0 unspecified atom stereocenters. The minimum atomic E-state index is -0.356. The third-order valence-corrected chi connectivity index (χ3v) is 1.78. The molecule has 1 aromatic rings. The number of aromatic amines is 1. The Morgan fingerprint density at radius 2 is 2.50 bits per heavy atom. The number of carbonyl (C=O) groups is 1. The van der Waals surface area contributed by atoms with Gasteiger partial charge in [0.25, 0.3) is 4.84 Å². The molecule has 0 fully saturated rings. The topological polar surface area (TPSA) is 55.2 Å². The van der Waals surface area contributed by atoms with E-state index in [2.05, 4.69) is 11.6 Å². The van der Waals surface area contributed by atoms with Gasteiger partial charge in [0.15, 0.2) is 0 Å². The number of nitrogens with one attached hydrogen (secondary N) is 1. The number of H-pyrrole nitrogens is 1. The molecule has 1 N–H and O–H groups in total. The van der Waals surface area contributed by atoms with Gasteiger partial charge >= 0.3 is 5.97 Å². The van der Waals surface area contributed by atoms with Gasteiger partial charge < -0.3 is 14.1 Å². The highest BCUT2D eigenvalue weighted by Gasteiger charge is 2.10. The molecule has 0 atom stereocenters. The highest BCUT2D eigenvalue weighted by molar-refractivity contribution is 7.71. The van der Waals surface area contributed by atoms with E-state index in [0.29, 0.717) is 5.76 Å². The Kier molecular flexibility index (Phi) is 3.64. The van der Waals surface area contributed by atoms with Crippen LogP contribution >= 0.6 is 12.2 Å². The van der Waals surface area contributed by atoms with Gasteiger partial charge in [-0.3, -0.25) is 4.79 Å². The first-order valence-electron chi connectivity index (χ1n) is 4.08. The van der Waals surface area contributed by atoms with E-state index in [0.717, 1.165) is 5.69 Å². The van der Waals surface area contributed by atoms with Crippen LogP contribution in [0.1, 0.15) is 11.5 Å². The normalized spacial score (nSPS) is 9.79. The van der Waals surface area contributed by atoms with Gasteiger partial charge in [0.2, 0.25) is 0 Å². The lowest BCUT2D eigenvalue weighted by Crippen LogP contribution is -2.08. The van der Waals surface area contributed by atoms with Crippen LogP contribution in [0.2, 0.25) is 0 Å². The number of hydrogen-bond donors (Lipinski definition) is 1. The molecule has 1 rings (SSSR count). The van der Waals surface area contributed by atoms with E-state index in [1.165, 1.54) is 6.08 Å². The van der Waals surface area contributed by atoms with Crippen molar-refractivity contribution in [2.45, 2.75) is 13.3 Å². The van der Waals surface area contributed by atoms with Crippen LogP contribution in [-0.2, 0) is 16.0 Å². The van der Waals surface area contributed by atoms with E-state index in [1.54, 1.807) is 6.92 Å². The molecule has 4 nitrogen and oxygen atoms in total. The second-order valence-electron chi connectivity index (χ2n) is 2.71. The Bertz CT molecular complexity index is 391. The number of rotatable bonds is 4. The number of carbonyl (C=O) groups excluding carboxylic acids is 1. The number of ether oxygens (including phenoxy) is 1. The largest absolute Gasteiger partial charge is 0.461 e. The van der Waals surface area contributed by atoms with Gasteiger partial charge in [0.1, 0.15) is 18.8 Å². The monoisotopic (exact) mass is 213 g/mol. The van der Waals surface area contributed by atoms with Crippen molar-refractivity contribution < 1.29 is 13.9 Å². The molecule has 0 amide bonds. The molecule has 0 aliphatic rings. The summed E-state index contributed by atoms with van der Waals surface area (Å²) in [6.45, 7) is 5.44. The quantitative estimate of drug-likeness (QED) is 0.471. The Morgan fingerprint density at radius 1 is 1.79 bits per heavy atom. The Hall–Kier alpha value is -1.36. The number of aromatic nitrogens is 1. The lowest BCUT2D eigenvalue weighted by Gasteiger charge is -1.99. The third-order valence-electron chi connectivity index (χ3n) is 1.59. The van der Waals surface area contributed by atoms with Gasteiger partial charge in [-0.15, -0.1) is 0 Å². The molecule has 1 heterocycles. The maximum Gasteiger partial charge on any atom is 0.313 e. The molecule has 76 valence electrons. The van der Waals surface area contributed by atoms with Crippen molar-refractivity contribution in [3.63, 3.8) is 0 Å². The molecule has 0 aliphatic heterocycles. The van der Waals surface area contributed by atoms with E-state index >= 15 is 0 Å². The molecule has 0 radical (unpaired) electrons. The van der Waals surface area contributed by atoms with Crippen LogP contribution in [0.5, 0.6) is 0 Å². The molecular formula is C9H11NO3S. The number of oxazole rings is 1. The van der Waals surface area contributed by atoms with Crippen LogP contribution in [0.15, 0.2) is 17.1 Å². The van der Waals surface area contributed by atoms with Crippen molar-refractivity contribution >= 4 is 18.2 Å². The zero-order valence-electron chi connectivity index (χ0n) is 7.83. The lowest BCUT2D eigenvalue weighted by molar-refractivity contribution is -0.141. The Balaban J connectivity index is 2.60. The first-order valence-corrected chi connectivity index (χ1v) is 4.49. The SMILES string of the molecule is C=CCOC(=O)Cc1oc(=S)[nH]c1C. The fourth-order valence-corrected chi connectivity index (χ4v) is 1.19. The minimum absolute atomic E-state index is 0.0901. The molecule has 14 heavy (non-hydrogen) atoms. The van der Waals surface area contributed by atoms with Gasteiger partial charge in [0.05, 0.1) is 5.69 Å². The molecular weight excluding hydrogens is 202 g/mol. The standard InChI is InChI=1S/C9H11NO3S/c1-3-4-12-8(11)5-7-6(2)10-9(14)13-7/h3H,1,4-5H2,2H3,(H,10,14). The summed E-state index contributed by atoms with van der Waals surface area (Å²) in [7, 11) is 0. The van der Waals surface area contributed by atoms with Crippen LogP contribution < -0.4 is 0 Å². The van der Waals surface area contributed by atoms with Crippen LogP contribution in [0.3, 0.4) is 0 Å². The van der Waals surface area contributed by atoms with Crippen molar-refractivity contribution in [1.82, 2.24) is 4.98 Å². The summed E-state index contributed by atoms with van der Waals surface area (Å²) in [5, 5.41) is 0. The molecule has 5 heteroatoms. The summed E-state index contributed by atoms with van der Waals surface area (Å²) in [6.07, 6.45) is 1.60. The zero-order valence-corrected chi connectivity index (χ0v) is 8.65. The van der Waals surface area contributed by atoms with Gasteiger partial charge in [0, 0.05) is 0 Å². The van der Waals surface area contributed by atoms with Crippen molar-refractivity contribution in [3.8, 4) is 0 Å². The fraction of sp³-hybridized carbons (Fsp3) is 0.333. The molecule has 0 bridgehead atoms. The molecule has 0 spiro atoms. The highest BCUT2D eigenvalue weighted by atomic mass is 32.1. The first-order chi connectivity index (χ1) is 6.63. The van der Waals surface area contributed by atoms with Crippen molar-refractivity contribution in [3.05, 3.63) is 28.9 Å². The number of esters is 1. The number of hydrogen-bond acceptors (Lipinski definition) is 4. The second kappa shape index (κ2) is 4.76. The molecule has 0 saturated carbocycles. The van der Waals surface area contributed by atoms with Crippen LogP contribution in [0.4, 0.5) is 0 Å². The summed E-state index contributed by atoms with van der Waals surface area (Å²) in [5.74, 6) is 0.162. The van der Waals surface area contributed by atoms with Crippen LogP contribution in [0, 0.1) is 11.8 Å². The summed E-state index contributed by atoms with van der Waals surface area (Å²) in [5.41, 5.74) is 0.755. The van der Waals surface area contributed by atoms with Gasteiger partial charge in [-0.1, -0.05) is 12.7 Å². The lowest BCUT2D eigenvalue weighted by atomic mass is 10.3. The Labute approximate surface area is 86.6 Å². The van der Waals surface area contributed by atoms with E-state index < -0.39 is 0 Å². The predicted octanol–water partition coefficient (Wildman–Crippen LogP) is 1.92. The summed E-state index contributed by atoms with van der Waals surface area (Å²) < 4.78 is 9.89. The van der Waals surface area contributed by atoms with E-state index in [4.69, 9.17) is 21.4 Å². The average molecular weight is 213 g/mol. The van der Waals surface area contributed by atoms with Gasteiger partial charge in [-0.05, 0) is 19.1 Å². The minimum Gasteiger partial charge on any atom is -0.461 e. The average Bonchev–Trinajstić information content (AvgIpc) is 2.42. The van der Waals surface area contributed by atoms with E-state index in [1.807, 2.05) is 0 Å². The van der Waals surface area contributed by atoms with Crippen molar-refractivity contribution in [2.75, 3.05) is 6.61 Å². The van der Waals surface area contributed by atoms with Crippen molar-refractivity contribution in [1.29, 1.82) is 0 Å². The molecule has 1 aromatic heterocycles.